The number of benzene rings is 1. The van der Waals surface area contributed by atoms with E-state index in [0.29, 0.717) is 10.6 Å². The standard InChI is InChI=1S/C11H12Cl2N2OS/c1-6(10(14)17)15(2)11(16)7-4-3-5-8(12)9(7)13/h3-6H,1-2H3,(H2,14,17). The molecule has 1 rings (SSSR count). The third kappa shape index (κ3) is 3.09. The van der Waals surface area contributed by atoms with Gasteiger partial charge < -0.3 is 10.6 Å². The Morgan fingerprint density at radius 3 is 2.59 bits per heavy atom. The van der Waals surface area contributed by atoms with Crippen molar-refractivity contribution >= 4 is 46.3 Å². The van der Waals surface area contributed by atoms with Crippen LogP contribution in [-0.4, -0.2) is 28.9 Å². The minimum absolute atomic E-state index is 0.237. The molecule has 92 valence electrons. The molecule has 3 nitrogen and oxygen atoms in total. The molecule has 1 unspecified atom stereocenters. The maximum absolute atomic E-state index is 12.1. The average Bonchev–Trinajstić information content (AvgIpc) is 2.29. The molecule has 0 spiro atoms. The van der Waals surface area contributed by atoms with Crippen molar-refractivity contribution in [2.24, 2.45) is 5.73 Å². The smallest absolute Gasteiger partial charge is 0.255 e. The minimum Gasteiger partial charge on any atom is -0.392 e. The molecule has 0 radical (unpaired) electrons. The van der Waals surface area contributed by atoms with E-state index in [1.807, 2.05) is 0 Å². The van der Waals surface area contributed by atoms with Gasteiger partial charge in [0.1, 0.15) is 0 Å². The van der Waals surface area contributed by atoms with Crippen LogP contribution in [-0.2, 0) is 0 Å². The lowest BCUT2D eigenvalue weighted by Crippen LogP contribution is -2.42. The molecule has 6 heteroatoms. The van der Waals surface area contributed by atoms with Gasteiger partial charge in [-0.15, -0.1) is 0 Å². The first-order chi connectivity index (χ1) is 7.86. The summed E-state index contributed by atoms with van der Waals surface area (Å²) < 4.78 is 0. The van der Waals surface area contributed by atoms with Crippen molar-refractivity contribution in [1.29, 1.82) is 0 Å². The molecule has 1 aromatic carbocycles. The van der Waals surface area contributed by atoms with Gasteiger partial charge in [-0.25, -0.2) is 0 Å². The SMILES string of the molecule is CC(C(N)=S)N(C)C(=O)c1cccc(Cl)c1Cl. The van der Waals surface area contributed by atoms with Crippen molar-refractivity contribution in [3.63, 3.8) is 0 Å². The van der Waals surface area contributed by atoms with Gasteiger partial charge in [0, 0.05) is 7.05 Å². The number of rotatable bonds is 3. The Morgan fingerprint density at radius 1 is 1.47 bits per heavy atom. The van der Waals surface area contributed by atoms with Crippen LogP contribution in [0.15, 0.2) is 18.2 Å². The Hall–Kier alpha value is -0.840. The van der Waals surface area contributed by atoms with Crippen LogP contribution in [0.4, 0.5) is 0 Å². The summed E-state index contributed by atoms with van der Waals surface area (Å²) >= 11 is 16.7. The number of halogens is 2. The van der Waals surface area contributed by atoms with Crippen LogP contribution in [0.1, 0.15) is 17.3 Å². The molecular formula is C11H12Cl2N2OS. The fraction of sp³-hybridized carbons (Fsp3) is 0.273. The van der Waals surface area contributed by atoms with Crippen LogP contribution >= 0.6 is 35.4 Å². The number of hydrogen-bond acceptors (Lipinski definition) is 2. The van der Waals surface area contributed by atoms with E-state index >= 15 is 0 Å². The zero-order chi connectivity index (χ0) is 13.2. The number of amides is 1. The largest absolute Gasteiger partial charge is 0.392 e. The minimum atomic E-state index is -0.340. The van der Waals surface area contributed by atoms with E-state index < -0.39 is 0 Å². The van der Waals surface area contributed by atoms with Crippen LogP contribution in [0.2, 0.25) is 10.0 Å². The number of hydrogen-bond donors (Lipinski definition) is 1. The van der Waals surface area contributed by atoms with E-state index in [-0.39, 0.29) is 22.0 Å². The first-order valence-electron chi connectivity index (χ1n) is 4.86. The van der Waals surface area contributed by atoms with Crippen LogP contribution < -0.4 is 5.73 Å². The highest BCUT2D eigenvalue weighted by Crippen LogP contribution is 2.26. The van der Waals surface area contributed by atoms with Gasteiger partial charge in [0.05, 0.1) is 26.6 Å². The van der Waals surface area contributed by atoms with Gasteiger partial charge >= 0.3 is 0 Å². The summed E-state index contributed by atoms with van der Waals surface area (Å²) in [7, 11) is 1.61. The first-order valence-corrected chi connectivity index (χ1v) is 6.03. The lowest BCUT2D eigenvalue weighted by molar-refractivity contribution is 0.0779. The maximum Gasteiger partial charge on any atom is 0.255 e. The third-order valence-corrected chi connectivity index (χ3v) is 3.66. The van der Waals surface area contributed by atoms with E-state index in [0.717, 1.165) is 0 Å². The normalized spacial score (nSPS) is 12.0. The van der Waals surface area contributed by atoms with E-state index in [4.69, 9.17) is 41.2 Å². The Balaban J connectivity index is 3.05. The second kappa shape index (κ2) is 5.67. The van der Waals surface area contributed by atoms with Gasteiger partial charge in [0.15, 0.2) is 0 Å². The maximum atomic E-state index is 12.1. The molecule has 1 atom stereocenters. The van der Waals surface area contributed by atoms with Crippen LogP contribution in [0, 0.1) is 0 Å². The summed E-state index contributed by atoms with van der Waals surface area (Å²) in [6, 6.07) is 4.56. The number of carbonyl (C=O) groups is 1. The topological polar surface area (TPSA) is 46.3 Å². The molecule has 0 fully saturated rings. The predicted molar refractivity (Wildman–Crippen MR) is 74.8 cm³/mol. The second-order valence-electron chi connectivity index (χ2n) is 3.60. The number of nitrogens with two attached hydrogens (primary N) is 1. The Labute approximate surface area is 115 Å². The molecule has 0 saturated heterocycles. The van der Waals surface area contributed by atoms with Crippen LogP contribution in [0.25, 0.3) is 0 Å². The summed E-state index contributed by atoms with van der Waals surface area (Å²) in [6.45, 7) is 1.75. The van der Waals surface area contributed by atoms with Gasteiger partial charge in [0.2, 0.25) is 0 Å². The van der Waals surface area contributed by atoms with E-state index in [1.165, 1.54) is 4.90 Å². The van der Waals surface area contributed by atoms with Crippen molar-refractivity contribution in [1.82, 2.24) is 4.90 Å². The number of likely N-dealkylation sites (N-methyl/N-ethyl adjacent to an activating group) is 1. The highest BCUT2D eigenvalue weighted by Gasteiger charge is 2.21. The summed E-state index contributed by atoms with van der Waals surface area (Å²) in [4.78, 5) is 13.8. The van der Waals surface area contributed by atoms with Gasteiger partial charge in [-0.05, 0) is 19.1 Å². The summed E-state index contributed by atoms with van der Waals surface area (Å²) in [6.07, 6.45) is 0. The molecule has 1 aromatic rings. The van der Waals surface area contributed by atoms with Gasteiger partial charge in [-0.2, -0.15) is 0 Å². The summed E-state index contributed by atoms with van der Waals surface area (Å²) in [5.74, 6) is -0.266. The van der Waals surface area contributed by atoms with Crippen LogP contribution in [0.5, 0.6) is 0 Å². The lowest BCUT2D eigenvalue weighted by Gasteiger charge is -2.24. The van der Waals surface area contributed by atoms with Crippen molar-refractivity contribution in [3.05, 3.63) is 33.8 Å². The van der Waals surface area contributed by atoms with Crippen molar-refractivity contribution < 1.29 is 4.79 Å². The molecular weight excluding hydrogens is 279 g/mol. The molecule has 0 bridgehead atoms. The molecule has 0 heterocycles. The molecule has 0 aliphatic carbocycles. The quantitative estimate of drug-likeness (QED) is 0.871. The van der Waals surface area contributed by atoms with Gasteiger partial charge in [0.25, 0.3) is 5.91 Å². The van der Waals surface area contributed by atoms with Crippen molar-refractivity contribution in [3.8, 4) is 0 Å². The molecule has 0 aromatic heterocycles. The van der Waals surface area contributed by atoms with E-state index in [2.05, 4.69) is 0 Å². The van der Waals surface area contributed by atoms with Gasteiger partial charge in [-0.1, -0.05) is 41.5 Å². The highest BCUT2D eigenvalue weighted by molar-refractivity contribution is 7.80. The Morgan fingerprint density at radius 2 is 2.06 bits per heavy atom. The van der Waals surface area contributed by atoms with Crippen molar-refractivity contribution in [2.75, 3.05) is 7.05 Å². The molecule has 1 amide bonds. The molecule has 0 saturated carbocycles. The fourth-order valence-corrected chi connectivity index (χ4v) is 1.77. The molecule has 0 aliphatic rings. The number of carbonyl (C=O) groups excluding carboxylic acids is 1. The van der Waals surface area contributed by atoms with Gasteiger partial charge in [-0.3, -0.25) is 4.79 Å². The molecule has 2 N–H and O–H groups in total. The van der Waals surface area contributed by atoms with E-state index in [1.54, 1.807) is 32.2 Å². The predicted octanol–water partition coefficient (Wildman–Crippen LogP) is 2.74. The van der Waals surface area contributed by atoms with Crippen molar-refractivity contribution in [2.45, 2.75) is 13.0 Å². The van der Waals surface area contributed by atoms with E-state index in [9.17, 15) is 4.79 Å². The lowest BCUT2D eigenvalue weighted by atomic mass is 10.1. The Kier molecular flexibility index (Phi) is 4.74. The second-order valence-corrected chi connectivity index (χ2v) is 4.85. The highest BCUT2D eigenvalue weighted by atomic mass is 35.5. The monoisotopic (exact) mass is 290 g/mol. The first kappa shape index (κ1) is 14.2. The molecule has 0 aliphatic heterocycles. The zero-order valence-corrected chi connectivity index (χ0v) is 11.7. The average molecular weight is 291 g/mol. The Bertz CT molecular complexity index is 465. The zero-order valence-electron chi connectivity index (χ0n) is 9.41. The third-order valence-electron chi connectivity index (χ3n) is 2.50. The summed E-state index contributed by atoms with van der Waals surface area (Å²) in [5, 5.41) is 0.579. The number of thiocarbonyl (C=S) groups is 1. The summed E-state index contributed by atoms with van der Waals surface area (Å²) in [5.41, 5.74) is 5.84. The van der Waals surface area contributed by atoms with Crippen LogP contribution in [0.3, 0.4) is 0 Å². The number of nitrogens with zero attached hydrogens (tertiary/aromatic N) is 1. The fourth-order valence-electron chi connectivity index (χ4n) is 1.23. The molecule has 17 heavy (non-hydrogen) atoms.